The van der Waals surface area contributed by atoms with Crippen molar-refractivity contribution in [3.8, 4) is 0 Å². The summed E-state index contributed by atoms with van der Waals surface area (Å²) in [5.41, 5.74) is 10.1. The van der Waals surface area contributed by atoms with Crippen molar-refractivity contribution >= 4 is 17.6 Å². The van der Waals surface area contributed by atoms with E-state index >= 15 is 0 Å². The zero-order valence-corrected chi connectivity index (χ0v) is 13.1. The molecule has 5 nitrogen and oxygen atoms in total. The molecule has 0 aliphatic carbocycles. The van der Waals surface area contributed by atoms with E-state index in [9.17, 15) is 0 Å². The fraction of sp³-hybridized carbons (Fsp3) is 0.429. The second-order valence-corrected chi connectivity index (χ2v) is 5.65. The van der Waals surface area contributed by atoms with Crippen LogP contribution in [0.3, 0.4) is 0 Å². The van der Waals surface area contributed by atoms with E-state index in [1.54, 1.807) is 0 Å². The van der Waals surface area contributed by atoms with Gasteiger partial charge >= 0.3 is 0 Å². The van der Waals surface area contributed by atoms with Crippen molar-refractivity contribution in [2.45, 2.75) is 50.7 Å². The van der Waals surface area contributed by atoms with Gasteiger partial charge in [-0.3, -0.25) is 0 Å². The molecule has 0 unspecified atom stereocenters. The van der Waals surface area contributed by atoms with Gasteiger partial charge in [-0.1, -0.05) is 13.3 Å². The van der Waals surface area contributed by atoms with Crippen LogP contribution in [0.15, 0.2) is 16.5 Å². The van der Waals surface area contributed by atoms with Gasteiger partial charge in [0.1, 0.15) is 17.2 Å². The topological polar surface area (TPSA) is 77.6 Å². The minimum atomic E-state index is 0.546. The summed E-state index contributed by atoms with van der Waals surface area (Å²) in [5.74, 6) is 0.546. The minimum Gasteiger partial charge on any atom is -0.383 e. The number of nitrogens with zero attached hydrogens (tertiary/aromatic N) is 4. The van der Waals surface area contributed by atoms with E-state index in [1.807, 2.05) is 20.8 Å². The van der Waals surface area contributed by atoms with E-state index in [-0.39, 0.29) is 0 Å². The number of hydrogen-bond donors (Lipinski definition) is 1. The Morgan fingerprint density at radius 1 is 1.10 bits per heavy atom. The van der Waals surface area contributed by atoms with E-state index < -0.39 is 0 Å². The number of aryl methyl sites for hydroxylation is 2. The first kappa shape index (κ1) is 14.7. The first-order valence-electron chi connectivity index (χ1n) is 6.62. The molecule has 0 aliphatic heterocycles. The summed E-state index contributed by atoms with van der Waals surface area (Å²) >= 11 is 1.45. The van der Waals surface area contributed by atoms with Crippen molar-refractivity contribution in [1.29, 1.82) is 0 Å². The summed E-state index contributed by atoms with van der Waals surface area (Å²) < 4.78 is 0. The Balaban J connectivity index is 2.37. The maximum atomic E-state index is 5.94. The van der Waals surface area contributed by atoms with Gasteiger partial charge in [-0.25, -0.2) is 19.9 Å². The Morgan fingerprint density at radius 3 is 2.35 bits per heavy atom. The summed E-state index contributed by atoms with van der Waals surface area (Å²) in [5, 5.41) is 1.56. The Kier molecular flexibility index (Phi) is 4.54. The van der Waals surface area contributed by atoms with Crippen molar-refractivity contribution in [2.24, 2.45) is 0 Å². The van der Waals surface area contributed by atoms with Crippen LogP contribution in [-0.4, -0.2) is 19.9 Å². The van der Waals surface area contributed by atoms with Crippen LogP contribution >= 0.6 is 11.8 Å². The zero-order valence-electron chi connectivity index (χ0n) is 12.3. The van der Waals surface area contributed by atoms with Gasteiger partial charge in [0.2, 0.25) is 0 Å². The summed E-state index contributed by atoms with van der Waals surface area (Å²) in [6.45, 7) is 8.13. The van der Waals surface area contributed by atoms with Gasteiger partial charge in [0, 0.05) is 17.0 Å². The fourth-order valence-electron chi connectivity index (χ4n) is 1.86. The smallest absolute Gasteiger partial charge is 0.194 e. The van der Waals surface area contributed by atoms with Gasteiger partial charge in [-0.2, -0.15) is 0 Å². The van der Waals surface area contributed by atoms with Crippen molar-refractivity contribution in [1.82, 2.24) is 19.9 Å². The molecule has 0 amide bonds. The third-order valence-electron chi connectivity index (χ3n) is 3.24. The highest BCUT2D eigenvalue weighted by Gasteiger charge is 2.13. The molecule has 0 fully saturated rings. The lowest BCUT2D eigenvalue weighted by Crippen LogP contribution is -2.03. The second-order valence-electron chi connectivity index (χ2n) is 4.70. The van der Waals surface area contributed by atoms with Gasteiger partial charge in [-0.05, 0) is 44.5 Å². The first-order chi connectivity index (χ1) is 9.52. The third kappa shape index (κ3) is 3.07. The molecule has 2 aromatic rings. The van der Waals surface area contributed by atoms with Crippen LogP contribution in [-0.2, 0) is 6.42 Å². The molecular formula is C14H19N5S. The van der Waals surface area contributed by atoms with Crippen molar-refractivity contribution in [3.05, 3.63) is 28.8 Å². The molecule has 0 saturated carbocycles. The quantitative estimate of drug-likeness (QED) is 0.689. The van der Waals surface area contributed by atoms with Gasteiger partial charge in [0.25, 0.3) is 0 Å². The molecule has 2 aromatic heterocycles. The molecule has 0 saturated heterocycles. The standard InChI is InChI=1S/C14H19N5S/c1-5-6-11-12(15)16-7-17-13(11)20-14-18-9(3)8(2)10(4)19-14/h7H,5-6H2,1-4H3,(H2,15,16,17). The molecular weight excluding hydrogens is 270 g/mol. The summed E-state index contributed by atoms with van der Waals surface area (Å²) in [7, 11) is 0. The molecule has 0 bridgehead atoms. The molecule has 0 atom stereocenters. The maximum Gasteiger partial charge on any atom is 0.194 e. The van der Waals surface area contributed by atoms with E-state index in [4.69, 9.17) is 5.73 Å². The van der Waals surface area contributed by atoms with Gasteiger partial charge < -0.3 is 5.73 Å². The van der Waals surface area contributed by atoms with Crippen LogP contribution in [0.25, 0.3) is 0 Å². The fourth-order valence-corrected chi connectivity index (χ4v) is 2.82. The second kappa shape index (κ2) is 6.17. The lowest BCUT2D eigenvalue weighted by atomic mass is 10.2. The molecule has 2 heterocycles. The Labute approximate surface area is 123 Å². The highest BCUT2D eigenvalue weighted by atomic mass is 32.2. The van der Waals surface area contributed by atoms with Gasteiger partial charge in [-0.15, -0.1) is 0 Å². The molecule has 0 aromatic carbocycles. The highest BCUT2D eigenvalue weighted by molar-refractivity contribution is 7.99. The molecule has 0 aliphatic rings. The van der Waals surface area contributed by atoms with Crippen LogP contribution in [0.2, 0.25) is 0 Å². The van der Waals surface area contributed by atoms with E-state index in [0.717, 1.165) is 40.4 Å². The monoisotopic (exact) mass is 289 g/mol. The number of aromatic nitrogens is 4. The van der Waals surface area contributed by atoms with Crippen LogP contribution in [0.1, 0.15) is 35.9 Å². The SMILES string of the molecule is CCCc1c(N)ncnc1Sc1nc(C)c(C)c(C)n1. The molecule has 2 N–H and O–H groups in total. The van der Waals surface area contributed by atoms with Crippen LogP contribution in [0.5, 0.6) is 0 Å². The van der Waals surface area contributed by atoms with Crippen molar-refractivity contribution in [3.63, 3.8) is 0 Å². The van der Waals surface area contributed by atoms with E-state index in [0.29, 0.717) is 11.0 Å². The summed E-state index contributed by atoms with van der Waals surface area (Å²) in [4.78, 5) is 17.4. The average molecular weight is 289 g/mol. The largest absolute Gasteiger partial charge is 0.383 e. The molecule has 20 heavy (non-hydrogen) atoms. The van der Waals surface area contributed by atoms with Crippen molar-refractivity contribution < 1.29 is 0 Å². The molecule has 2 rings (SSSR count). The summed E-state index contributed by atoms with van der Waals surface area (Å²) in [6.07, 6.45) is 3.35. The molecule has 6 heteroatoms. The normalized spacial score (nSPS) is 10.8. The number of hydrogen-bond acceptors (Lipinski definition) is 6. The van der Waals surface area contributed by atoms with Crippen LogP contribution in [0, 0.1) is 20.8 Å². The lowest BCUT2D eigenvalue weighted by Gasteiger charge is -2.10. The van der Waals surface area contributed by atoms with Gasteiger partial charge in [0.15, 0.2) is 5.16 Å². The lowest BCUT2D eigenvalue weighted by molar-refractivity contribution is 0.848. The first-order valence-corrected chi connectivity index (χ1v) is 7.43. The molecule has 0 spiro atoms. The highest BCUT2D eigenvalue weighted by Crippen LogP contribution is 2.29. The number of anilines is 1. The zero-order chi connectivity index (χ0) is 14.7. The Hall–Kier alpha value is -1.69. The average Bonchev–Trinajstić information content (AvgIpc) is 2.40. The Bertz CT molecular complexity index is 604. The van der Waals surface area contributed by atoms with Crippen molar-refractivity contribution in [2.75, 3.05) is 5.73 Å². The van der Waals surface area contributed by atoms with Crippen LogP contribution < -0.4 is 5.73 Å². The molecule has 0 radical (unpaired) electrons. The van der Waals surface area contributed by atoms with E-state index in [2.05, 4.69) is 26.9 Å². The maximum absolute atomic E-state index is 5.94. The predicted molar refractivity (Wildman–Crippen MR) is 80.8 cm³/mol. The number of nitrogen functional groups attached to an aromatic ring is 1. The predicted octanol–water partition coefficient (Wildman–Crippen LogP) is 2.88. The number of nitrogens with two attached hydrogens (primary N) is 1. The van der Waals surface area contributed by atoms with E-state index in [1.165, 1.54) is 18.1 Å². The van der Waals surface area contributed by atoms with Crippen LogP contribution in [0.4, 0.5) is 5.82 Å². The summed E-state index contributed by atoms with van der Waals surface area (Å²) in [6, 6.07) is 0. The Morgan fingerprint density at radius 2 is 1.75 bits per heavy atom. The van der Waals surface area contributed by atoms with Gasteiger partial charge in [0.05, 0.1) is 0 Å². The third-order valence-corrected chi connectivity index (χ3v) is 4.15. The molecule has 106 valence electrons. The number of rotatable bonds is 4. The minimum absolute atomic E-state index is 0.546.